The molecule has 31 heavy (non-hydrogen) atoms. The topological polar surface area (TPSA) is 49.4 Å². The van der Waals surface area contributed by atoms with E-state index in [1.165, 1.54) is 5.56 Å². The molecule has 0 aromatic heterocycles. The minimum atomic E-state index is -0.521. The van der Waals surface area contributed by atoms with Gasteiger partial charge in [-0.2, -0.15) is 0 Å². The van der Waals surface area contributed by atoms with E-state index in [4.69, 9.17) is 11.6 Å². The zero-order valence-electron chi connectivity index (χ0n) is 19.4. The first kappa shape index (κ1) is 24.9. The average molecular weight is 443 g/mol. The highest BCUT2D eigenvalue weighted by Crippen LogP contribution is 2.23. The van der Waals surface area contributed by atoms with Crippen molar-refractivity contribution in [2.45, 2.75) is 71.9 Å². The fourth-order valence-electron chi connectivity index (χ4n) is 3.59. The largest absolute Gasteiger partial charge is 0.355 e. The molecule has 4 nitrogen and oxygen atoms in total. The molecule has 0 saturated carbocycles. The second kappa shape index (κ2) is 11.3. The number of hydrogen-bond acceptors (Lipinski definition) is 2. The summed E-state index contributed by atoms with van der Waals surface area (Å²) in [5.41, 5.74) is 3.33. The zero-order chi connectivity index (χ0) is 23.0. The molecule has 0 bridgehead atoms. The number of carbonyl (C=O) groups excluding carboxylic acids is 2. The van der Waals surface area contributed by atoms with Crippen LogP contribution >= 0.6 is 11.6 Å². The van der Waals surface area contributed by atoms with E-state index in [9.17, 15) is 9.59 Å². The molecule has 1 unspecified atom stereocenters. The predicted molar refractivity (Wildman–Crippen MR) is 128 cm³/mol. The first-order valence-corrected chi connectivity index (χ1v) is 11.4. The minimum absolute atomic E-state index is 0.0436. The second-order valence-electron chi connectivity index (χ2n) is 8.88. The lowest BCUT2D eigenvalue weighted by atomic mass is 9.86. The minimum Gasteiger partial charge on any atom is -0.355 e. The molecule has 0 aliphatic heterocycles. The number of benzene rings is 2. The van der Waals surface area contributed by atoms with Crippen molar-refractivity contribution in [2.24, 2.45) is 0 Å². The van der Waals surface area contributed by atoms with Crippen LogP contribution in [0.3, 0.4) is 0 Å². The van der Waals surface area contributed by atoms with Crippen molar-refractivity contribution in [1.29, 1.82) is 0 Å². The first-order valence-electron chi connectivity index (χ1n) is 11.1. The third kappa shape index (κ3) is 7.10. The lowest BCUT2D eigenvalue weighted by Crippen LogP contribution is -2.49. The molecule has 2 aromatic rings. The molecule has 0 aliphatic carbocycles. The first-order chi connectivity index (χ1) is 14.7. The van der Waals surface area contributed by atoms with Gasteiger partial charge in [0.05, 0.1) is 0 Å². The summed E-state index contributed by atoms with van der Waals surface area (Å²) in [5, 5.41) is 3.46. The number of aryl methyl sites for hydroxylation is 1. The van der Waals surface area contributed by atoms with E-state index in [0.717, 1.165) is 11.1 Å². The molecule has 0 fully saturated rings. The van der Waals surface area contributed by atoms with Gasteiger partial charge in [-0.15, -0.1) is 0 Å². The Kier molecular flexibility index (Phi) is 9.12. The summed E-state index contributed by atoms with van der Waals surface area (Å²) in [5.74, 6) is -0.169. The molecular weight excluding hydrogens is 408 g/mol. The van der Waals surface area contributed by atoms with Crippen LogP contribution in [0.15, 0.2) is 48.5 Å². The molecule has 1 N–H and O–H groups in total. The number of nitrogens with zero attached hydrogens (tertiary/aromatic N) is 1. The van der Waals surface area contributed by atoms with Gasteiger partial charge in [0.1, 0.15) is 6.04 Å². The van der Waals surface area contributed by atoms with Crippen LogP contribution in [0.25, 0.3) is 0 Å². The van der Waals surface area contributed by atoms with E-state index in [0.29, 0.717) is 37.4 Å². The second-order valence-corrected chi connectivity index (χ2v) is 9.29. The standard InChI is InChI=1S/C26H35ClN2O2/c1-6-23(25(31)28-7-2)29(18-20-10-8-9-11-22(20)27)24(30)17-14-19-12-15-21(16-13-19)26(3,4)5/h8-13,15-16,23H,6-7,14,17-18H2,1-5H3,(H,28,31). The van der Waals surface area contributed by atoms with Gasteiger partial charge in [0, 0.05) is 24.5 Å². The van der Waals surface area contributed by atoms with Gasteiger partial charge in [-0.25, -0.2) is 0 Å². The van der Waals surface area contributed by atoms with Crippen LogP contribution in [-0.4, -0.2) is 29.3 Å². The monoisotopic (exact) mass is 442 g/mol. The van der Waals surface area contributed by atoms with Gasteiger partial charge in [-0.05, 0) is 47.9 Å². The van der Waals surface area contributed by atoms with Crippen molar-refractivity contribution >= 4 is 23.4 Å². The van der Waals surface area contributed by atoms with E-state index in [1.807, 2.05) is 38.1 Å². The molecule has 0 saturated heterocycles. The van der Waals surface area contributed by atoms with Crippen molar-refractivity contribution in [3.05, 3.63) is 70.2 Å². The summed E-state index contributed by atoms with van der Waals surface area (Å²) in [7, 11) is 0. The Balaban J connectivity index is 2.18. The lowest BCUT2D eigenvalue weighted by molar-refractivity contribution is -0.141. The Bertz CT molecular complexity index is 872. The maximum absolute atomic E-state index is 13.3. The molecule has 2 amide bonds. The van der Waals surface area contributed by atoms with Gasteiger partial charge in [-0.3, -0.25) is 9.59 Å². The molecule has 168 valence electrons. The average Bonchev–Trinajstić information content (AvgIpc) is 2.73. The number of nitrogens with one attached hydrogen (secondary N) is 1. The number of amides is 2. The highest BCUT2D eigenvalue weighted by Gasteiger charge is 2.28. The van der Waals surface area contributed by atoms with Crippen LogP contribution in [0.2, 0.25) is 5.02 Å². The molecule has 2 rings (SSSR count). The van der Waals surface area contributed by atoms with E-state index >= 15 is 0 Å². The van der Waals surface area contributed by atoms with E-state index in [-0.39, 0.29) is 17.2 Å². The maximum Gasteiger partial charge on any atom is 0.242 e. The van der Waals surface area contributed by atoms with Crippen molar-refractivity contribution < 1.29 is 9.59 Å². The van der Waals surface area contributed by atoms with Gasteiger partial charge < -0.3 is 10.2 Å². The lowest BCUT2D eigenvalue weighted by Gasteiger charge is -2.31. The van der Waals surface area contributed by atoms with Gasteiger partial charge in [0.2, 0.25) is 11.8 Å². The highest BCUT2D eigenvalue weighted by molar-refractivity contribution is 6.31. The van der Waals surface area contributed by atoms with Crippen molar-refractivity contribution in [3.63, 3.8) is 0 Å². The molecule has 0 heterocycles. The fraction of sp³-hybridized carbons (Fsp3) is 0.462. The SMILES string of the molecule is CCNC(=O)C(CC)N(Cc1ccccc1Cl)C(=O)CCc1ccc(C(C)(C)C)cc1. The summed E-state index contributed by atoms with van der Waals surface area (Å²) >= 11 is 6.35. The third-order valence-corrected chi connectivity index (χ3v) is 5.85. The summed E-state index contributed by atoms with van der Waals surface area (Å²) in [6.45, 7) is 11.2. The highest BCUT2D eigenvalue weighted by atomic mass is 35.5. The Morgan fingerprint density at radius 2 is 1.68 bits per heavy atom. The fourth-order valence-corrected chi connectivity index (χ4v) is 3.78. The van der Waals surface area contributed by atoms with E-state index < -0.39 is 6.04 Å². The Morgan fingerprint density at radius 1 is 1.03 bits per heavy atom. The zero-order valence-corrected chi connectivity index (χ0v) is 20.1. The van der Waals surface area contributed by atoms with Gasteiger partial charge in [0.25, 0.3) is 0 Å². The molecule has 5 heteroatoms. The van der Waals surface area contributed by atoms with E-state index in [2.05, 4.69) is 50.4 Å². The molecule has 0 spiro atoms. The summed E-state index contributed by atoms with van der Waals surface area (Å²) < 4.78 is 0. The predicted octanol–water partition coefficient (Wildman–Crippen LogP) is 5.51. The van der Waals surface area contributed by atoms with Gasteiger partial charge >= 0.3 is 0 Å². The number of halogens is 1. The van der Waals surface area contributed by atoms with E-state index in [1.54, 1.807) is 4.90 Å². The Morgan fingerprint density at radius 3 is 2.23 bits per heavy atom. The molecule has 0 radical (unpaired) electrons. The van der Waals surface area contributed by atoms with Gasteiger partial charge in [-0.1, -0.05) is 81.8 Å². The quantitative estimate of drug-likeness (QED) is 0.556. The van der Waals surface area contributed by atoms with Crippen molar-refractivity contribution in [3.8, 4) is 0 Å². The normalized spacial score (nSPS) is 12.3. The van der Waals surface area contributed by atoms with Crippen LogP contribution in [0.5, 0.6) is 0 Å². The molecular formula is C26H35ClN2O2. The van der Waals surface area contributed by atoms with Crippen LogP contribution in [0.1, 0.15) is 64.2 Å². The Labute approximate surface area is 192 Å². The summed E-state index contributed by atoms with van der Waals surface area (Å²) in [4.78, 5) is 27.6. The molecule has 0 aliphatic rings. The van der Waals surface area contributed by atoms with Crippen LogP contribution in [-0.2, 0) is 28.0 Å². The number of hydrogen-bond donors (Lipinski definition) is 1. The summed E-state index contributed by atoms with van der Waals surface area (Å²) in [6.07, 6.45) is 1.52. The smallest absolute Gasteiger partial charge is 0.242 e. The van der Waals surface area contributed by atoms with Crippen molar-refractivity contribution in [1.82, 2.24) is 10.2 Å². The van der Waals surface area contributed by atoms with Gasteiger partial charge in [0.15, 0.2) is 0 Å². The Hall–Kier alpha value is -2.33. The number of likely N-dealkylation sites (N-methyl/N-ethyl adjacent to an activating group) is 1. The van der Waals surface area contributed by atoms with Crippen LogP contribution < -0.4 is 5.32 Å². The number of rotatable bonds is 9. The summed E-state index contributed by atoms with van der Waals surface area (Å²) in [6, 6.07) is 15.4. The maximum atomic E-state index is 13.3. The van der Waals surface area contributed by atoms with Crippen LogP contribution in [0.4, 0.5) is 0 Å². The third-order valence-electron chi connectivity index (χ3n) is 5.48. The molecule has 2 aromatic carbocycles. The number of carbonyl (C=O) groups is 2. The molecule has 1 atom stereocenters. The van der Waals surface area contributed by atoms with Crippen molar-refractivity contribution in [2.75, 3.05) is 6.54 Å². The van der Waals surface area contributed by atoms with Crippen LogP contribution in [0, 0.1) is 0 Å².